The van der Waals surface area contributed by atoms with E-state index >= 15 is 0 Å². The summed E-state index contributed by atoms with van der Waals surface area (Å²) >= 11 is 1.64. The van der Waals surface area contributed by atoms with Crippen molar-refractivity contribution in [3.05, 3.63) is 253 Å². The van der Waals surface area contributed by atoms with Crippen LogP contribution < -0.4 is 30.4 Å². The molecule has 2 aliphatic rings. The van der Waals surface area contributed by atoms with Gasteiger partial charge in [-0.3, -0.25) is 0 Å². The third kappa shape index (κ3) is 8.85. The number of para-hydroxylation sites is 2. The number of hydrogen-bond donors (Lipinski definition) is 0. The number of rotatable bonds is 8. The summed E-state index contributed by atoms with van der Waals surface area (Å²) in [5.74, 6) is 0. The highest BCUT2D eigenvalue weighted by Gasteiger charge is 2.46. The smallest absolute Gasteiger partial charge is 0.264 e. The maximum Gasteiger partial charge on any atom is 0.264 e. The van der Waals surface area contributed by atoms with Gasteiger partial charge in [-0.05, 0) is 145 Å². The number of nitrogens with zero attached hydrogens (tertiary/aromatic N) is 3. The molecule has 0 spiro atoms. The molecule has 0 amide bonds. The van der Waals surface area contributed by atoms with Crippen molar-refractivity contribution in [2.75, 3.05) is 14.7 Å². The van der Waals surface area contributed by atoms with Crippen molar-refractivity contribution in [1.29, 1.82) is 0 Å². The Labute approximate surface area is 493 Å². The van der Waals surface area contributed by atoms with E-state index in [0.717, 1.165) is 59.4 Å². The van der Waals surface area contributed by atoms with Crippen molar-refractivity contribution < 1.29 is 20.6 Å². The number of fused-ring (bicyclic) bond motifs is 6. The number of hydrogen-bond acceptors (Lipinski definition) is 4. The van der Waals surface area contributed by atoms with Gasteiger partial charge >= 0.3 is 0 Å². The van der Waals surface area contributed by atoms with Gasteiger partial charge in [-0.15, -0.1) is 11.3 Å². The van der Waals surface area contributed by atoms with Crippen LogP contribution >= 0.6 is 11.3 Å². The van der Waals surface area contributed by atoms with E-state index in [1.54, 1.807) is 16.2 Å². The molecule has 0 saturated carbocycles. The van der Waals surface area contributed by atoms with Crippen LogP contribution in [0.15, 0.2) is 236 Å². The summed E-state index contributed by atoms with van der Waals surface area (Å²) in [4.78, 5) is 5.88. The summed E-state index contributed by atoms with van der Waals surface area (Å²) in [5, 5.41) is 0.958. The van der Waals surface area contributed by atoms with Crippen LogP contribution in [0.5, 0.6) is 0 Å². The van der Waals surface area contributed by atoms with Gasteiger partial charge < -0.3 is 14.7 Å². The predicted molar refractivity (Wildman–Crippen MR) is 343 cm³/mol. The fourth-order valence-electron chi connectivity index (χ4n) is 11.3. The Morgan fingerprint density at radius 3 is 1.68 bits per heavy atom. The number of anilines is 9. The van der Waals surface area contributed by atoms with Gasteiger partial charge in [0.1, 0.15) is 0 Å². The Balaban J connectivity index is 1.25. The van der Waals surface area contributed by atoms with E-state index in [4.69, 9.17) is 12.3 Å². The summed E-state index contributed by atoms with van der Waals surface area (Å²) in [6.07, 6.45) is 0. The molecule has 0 N–H and O–H groups in total. The van der Waals surface area contributed by atoms with Crippen molar-refractivity contribution >= 4 is 95.0 Å². The molecule has 1 aromatic heterocycles. The van der Waals surface area contributed by atoms with Crippen molar-refractivity contribution in [3.63, 3.8) is 0 Å². The lowest BCUT2D eigenvalue weighted by Crippen LogP contribution is -2.60. The van der Waals surface area contributed by atoms with Crippen LogP contribution in [0.4, 0.5) is 51.2 Å². The van der Waals surface area contributed by atoms with E-state index in [1.807, 2.05) is 129 Å². The van der Waals surface area contributed by atoms with Crippen LogP contribution in [-0.2, 0) is 16.2 Å². The highest BCUT2D eigenvalue weighted by atomic mass is 32.1. The molecular weight excluding hydrogens is 974 g/mol. The molecule has 79 heavy (non-hydrogen) atoms. The molecule has 0 radical (unpaired) electrons. The van der Waals surface area contributed by atoms with Gasteiger partial charge in [-0.25, -0.2) is 0 Å². The average Bonchev–Trinajstić information content (AvgIpc) is 1.21. The Bertz CT molecular complexity index is 4920. The van der Waals surface area contributed by atoms with Gasteiger partial charge in [0.05, 0.1) is 37.6 Å². The van der Waals surface area contributed by atoms with E-state index in [2.05, 4.69) is 88.9 Å². The molecule has 11 aromatic rings. The number of thiophene rings is 1. The summed E-state index contributed by atoms with van der Waals surface area (Å²) in [5.41, 5.74) is 9.46. The second-order valence-electron chi connectivity index (χ2n) is 23.5. The molecule has 0 aliphatic carbocycles. The first-order chi connectivity index (χ1) is 44.3. The third-order valence-corrected chi connectivity index (χ3v) is 16.6. The zero-order valence-corrected chi connectivity index (χ0v) is 46.5. The fraction of sp³-hybridized carbons (Fsp3) is 0.162. The predicted octanol–water partition coefficient (Wildman–Crippen LogP) is 19.3. The summed E-state index contributed by atoms with van der Waals surface area (Å²) in [7, 11) is 0. The van der Waals surface area contributed by atoms with Crippen LogP contribution in [0.25, 0.3) is 43.5 Å². The third-order valence-electron chi connectivity index (χ3n) is 15.4. The molecule has 0 fully saturated rings. The second kappa shape index (κ2) is 19.2. The van der Waals surface area contributed by atoms with E-state index < -0.39 is 103 Å². The lowest BCUT2D eigenvalue weighted by Gasteiger charge is -2.44. The first-order valence-electron chi connectivity index (χ1n) is 34.2. The van der Waals surface area contributed by atoms with Crippen molar-refractivity contribution in [1.82, 2.24) is 0 Å². The van der Waals surface area contributed by atoms with Crippen LogP contribution in [0.3, 0.4) is 0 Å². The monoisotopic (exact) mass is 1050 g/mol. The molecule has 386 valence electrons. The van der Waals surface area contributed by atoms with Gasteiger partial charge in [-0.2, -0.15) is 0 Å². The second-order valence-corrected chi connectivity index (χ2v) is 24.6. The first-order valence-corrected chi connectivity index (χ1v) is 27.5. The Morgan fingerprint density at radius 2 is 1.01 bits per heavy atom. The molecule has 0 atom stereocenters. The molecule has 0 saturated heterocycles. The molecule has 2 aliphatic heterocycles. The minimum atomic E-state index is -0.640. The van der Waals surface area contributed by atoms with Crippen molar-refractivity contribution in [3.8, 4) is 33.4 Å². The van der Waals surface area contributed by atoms with Gasteiger partial charge in [0.2, 0.25) is 0 Å². The lowest BCUT2D eigenvalue weighted by molar-refractivity contribution is 0.590. The Kier molecular flexibility index (Phi) is 8.74. The molecular formula is C74H66BN3S. The van der Waals surface area contributed by atoms with Crippen LogP contribution in [0, 0.1) is 0 Å². The maximum absolute atomic E-state index is 9.71. The van der Waals surface area contributed by atoms with Crippen molar-refractivity contribution in [2.24, 2.45) is 0 Å². The zero-order chi connectivity index (χ0) is 67.4. The lowest BCUT2D eigenvalue weighted by atomic mass is 9.36. The molecule has 0 unspecified atom stereocenters. The quantitative estimate of drug-likeness (QED) is 0.140. The van der Waals surface area contributed by atoms with Crippen molar-refractivity contribution in [2.45, 2.75) is 78.6 Å². The minimum Gasteiger partial charge on any atom is -0.311 e. The van der Waals surface area contributed by atoms with Gasteiger partial charge in [-0.1, -0.05) is 220 Å². The zero-order valence-electron chi connectivity index (χ0n) is 60.7. The molecule has 3 heterocycles. The molecule has 3 nitrogen and oxygen atoms in total. The van der Waals surface area contributed by atoms with E-state index in [0.29, 0.717) is 39.7 Å². The summed E-state index contributed by atoms with van der Waals surface area (Å²) in [6, 6.07) is 39.6. The molecule has 0 bridgehead atoms. The highest BCUT2D eigenvalue weighted by Crippen LogP contribution is 2.53. The van der Waals surface area contributed by atoms with E-state index in [9.17, 15) is 8.22 Å². The molecule has 5 heteroatoms. The molecule has 10 aromatic carbocycles. The standard InChI is InChI=1S/C74H66BN3S/c1-72(2,3)53-34-38-57(39-35-53)77-66-44-52(49-24-14-10-15-25-49)45-67-69(66)75(71-70(77)61-47-55(74(7,8)9)37-43-68(61)79-71)62-41-40-58(76(56-30-20-13-21-31-56)63-33-23-22-32-59(63)50-26-16-11-17-27-50)48-65(62)78(67)64-42-36-54(73(4,5)6)46-60(64)51-28-18-12-19-29-51/h10-48H,1-9H3/i10D,12D,13D,14D,15D,18D,19D,20D,21D,24D,25D,28D,29D,30D,31D. The fourth-order valence-corrected chi connectivity index (χ4v) is 12.6. The van der Waals surface area contributed by atoms with E-state index in [-0.39, 0.29) is 38.8 Å². The van der Waals surface area contributed by atoms with Gasteiger partial charge in [0.15, 0.2) is 0 Å². The topological polar surface area (TPSA) is 9.72 Å². The highest BCUT2D eigenvalue weighted by molar-refractivity contribution is 7.33. The Hall–Kier alpha value is -8.38. The van der Waals surface area contributed by atoms with E-state index in [1.165, 1.54) is 0 Å². The summed E-state index contributed by atoms with van der Waals surface area (Å²) in [6.45, 7) is 18.4. The first kappa shape index (κ1) is 35.9. The minimum absolute atomic E-state index is 0.0704. The SMILES string of the molecule is [2H]c1c([2H])c([2H])c(-c2cc3c4c(c2)N(c2ccc(C(C)(C)C)cc2)c2c(sc5ccc(C(C)(C)C)cc25)B4c2ccc(N(c4ccccc4-c4ccccc4)c4c([2H])c([2H])c([2H])c([2H])c4[2H])cc2N3c2ccc(C(C)(C)C)cc2-c2c([2H])c([2H])c([2H])c([2H])c2[2H])c([2H])c1[2H]. The number of benzene rings is 10. The normalized spacial score (nSPS) is 15.7. The van der Waals surface area contributed by atoms with Crippen LogP contribution in [-0.4, -0.2) is 6.71 Å². The van der Waals surface area contributed by atoms with Crippen LogP contribution in [0.2, 0.25) is 0 Å². The summed E-state index contributed by atoms with van der Waals surface area (Å²) < 4.78 is 141. The van der Waals surface area contributed by atoms with Gasteiger partial charge in [0, 0.05) is 60.1 Å². The average molecular weight is 1060 g/mol. The maximum atomic E-state index is 9.71. The van der Waals surface area contributed by atoms with Crippen LogP contribution in [0.1, 0.15) is 99.6 Å². The molecule has 13 rings (SSSR count). The van der Waals surface area contributed by atoms with Gasteiger partial charge in [0.25, 0.3) is 6.71 Å². The Morgan fingerprint density at radius 1 is 0.430 bits per heavy atom. The largest absolute Gasteiger partial charge is 0.311 e.